The molecule has 27 heavy (non-hydrogen) atoms. The highest BCUT2D eigenvalue weighted by Crippen LogP contribution is 2.33. The van der Waals surface area contributed by atoms with Crippen molar-refractivity contribution in [3.8, 4) is 5.69 Å². The third kappa shape index (κ3) is 3.99. The van der Waals surface area contributed by atoms with E-state index in [2.05, 4.69) is 10.4 Å². The Bertz CT molecular complexity index is 962. The zero-order chi connectivity index (χ0) is 19.6. The molecule has 140 valence electrons. The second kappa shape index (κ2) is 7.22. The number of nitrogens with one attached hydrogen (secondary N) is 1. The highest BCUT2D eigenvalue weighted by atomic mass is 19.4. The second-order valence-electron chi connectivity index (χ2n) is 5.93. The van der Waals surface area contributed by atoms with Crippen LogP contribution >= 0.6 is 0 Å². The largest absolute Gasteiger partial charge is 0.434 e. The summed E-state index contributed by atoms with van der Waals surface area (Å²) < 4.78 is 55.1. The van der Waals surface area contributed by atoms with E-state index in [1.54, 1.807) is 25.1 Å². The van der Waals surface area contributed by atoms with Crippen molar-refractivity contribution in [2.75, 3.05) is 0 Å². The minimum Gasteiger partial charge on any atom is -0.348 e. The van der Waals surface area contributed by atoms with Gasteiger partial charge in [0.05, 0.1) is 17.4 Å². The fourth-order valence-electron chi connectivity index (χ4n) is 2.58. The van der Waals surface area contributed by atoms with Crippen molar-refractivity contribution in [2.24, 2.45) is 0 Å². The Hall–Kier alpha value is -3.16. The number of alkyl halides is 3. The summed E-state index contributed by atoms with van der Waals surface area (Å²) in [5, 5.41) is 6.05. The zero-order valence-electron chi connectivity index (χ0n) is 14.2. The lowest BCUT2D eigenvalue weighted by atomic mass is 10.2. The maximum atomic E-state index is 13.6. The quantitative estimate of drug-likeness (QED) is 0.691. The van der Waals surface area contributed by atoms with E-state index in [9.17, 15) is 22.4 Å². The molecule has 3 aromatic rings. The monoisotopic (exact) mass is 377 g/mol. The summed E-state index contributed by atoms with van der Waals surface area (Å²) in [4.78, 5) is 12.3. The molecule has 0 unspecified atom stereocenters. The number of carbonyl (C=O) groups is 1. The summed E-state index contributed by atoms with van der Waals surface area (Å²) >= 11 is 0. The number of rotatable bonds is 4. The van der Waals surface area contributed by atoms with Crippen molar-refractivity contribution in [3.05, 3.63) is 82.9 Å². The summed E-state index contributed by atoms with van der Waals surface area (Å²) in [6, 6.07) is 12.0. The number of hydrogen-bond acceptors (Lipinski definition) is 2. The van der Waals surface area contributed by atoms with Crippen molar-refractivity contribution < 1.29 is 22.4 Å². The Morgan fingerprint density at radius 3 is 2.41 bits per heavy atom. The standard InChI is InChI=1S/C19H15F4N3O/c1-12-6-8-14(9-7-12)26-17(19(21,22)23)15(11-25-26)18(27)24-10-13-4-2-3-5-16(13)20/h2-9,11H,10H2,1H3,(H,24,27). The first-order chi connectivity index (χ1) is 12.8. The molecule has 1 aromatic heterocycles. The van der Waals surface area contributed by atoms with Gasteiger partial charge in [0.1, 0.15) is 5.82 Å². The van der Waals surface area contributed by atoms with Gasteiger partial charge in [-0.1, -0.05) is 35.9 Å². The highest BCUT2D eigenvalue weighted by Gasteiger charge is 2.40. The molecule has 2 aromatic carbocycles. The first-order valence-electron chi connectivity index (χ1n) is 8.01. The lowest BCUT2D eigenvalue weighted by molar-refractivity contribution is -0.143. The number of benzene rings is 2. The van der Waals surface area contributed by atoms with Crippen LogP contribution in [0.5, 0.6) is 0 Å². The van der Waals surface area contributed by atoms with Gasteiger partial charge in [-0.2, -0.15) is 18.3 Å². The van der Waals surface area contributed by atoms with Crippen molar-refractivity contribution in [1.29, 1.82) is 0 Å². The molecule has 1 N–H and O–H groups in total. The van der Waals surface area contributed by atoms with Gasteiger partial charge in [-0.25, -0.2) is 9.07 Å². The van der Waals surface area contributed by atoms with E-state index in [4.69, 9.17) is 0 Å². The van der Waals surface area contributed by atoms with E-state index < -0.39 is 29.2 Å². The SMILES string of the molecule is Cc1ccc(-n2ncc(C(=O)NCc3ccccc3F)c2C(F)(F)F)cc1. The zero-order valence-corrected chi connectivity index (χ0v) is 14.2. The summed E-state index contributed by atoms with van der Waals surface area (Å²) in [6.07, 6.45) is -3.94. The molecule has 1 amide bonds. The maximum absolute atomic E-state index is 13.6. The van der Waals surface area contributed by atoms with E-state index in [0.29, 0.717) is 4.68 Å². The first-order valence-corrected chi connectivity index (χ1v) is 8.01. The summed E-state index contributed by atoms with van der Waals surface area (Å²) in [5.74, 6) is -1.53. The van der Waals surface area contributed by atoms with Crippen LogP contribution in [0.3, 0.4) is 0 Å². The average Bonchev–Trinajstić information content (AvgIpc) is 3.07. The fraction of sp³-hybridized carbons (Fsp3) is 0.158. The van der Waals surface area contributed by atoms with Crippen LogP contribution in [0.25, 0.3) is 5.69 Å². The lowest BCUT2D eigenvalue weighted by Crippen LogP contribution is -2.26. The molecule has 0 saturated heterocycles. The summed E-state index contributed by atoms with van der Waals surface area (Å²) in [7, 11) is 0. The van der Waals surface area contributed by atoms with Crippen molar-refractivity contribution in [1.82, 2.24) is 15.1 Å². The molecule has 0 radical (unpaired) electrons. The molecular weight excluding hydrogens is 362 g/mol. The predicted octanol–water partition coefficient (Wildman–Crippen LogP) is 4.27. The Morgan fingerprint density at radius 1 is 1.11 bits per heavy atom. The minimum absolute atomic E-state index is 0.172. The molecule has 0 fully saturated rings. The fourth-order valence-corrected chi connectivity index (χ4v) is 2.58. The molecule has 0 atom stereocenters. The minimum atomic E-state index is -4.80. The van der Waals surface area contributed by atoms with Crippen LogP contribution in [-0.4, -0.2) is 15.7 Å². The van der Waals surface area contributed by atoms with Crippen molar-refractivity contribution in [2.45, 2.75) is 19.6 Å². The number of aryl methyl sites for hydroxylation is 1. The van der Waals surface area contributed by atoms with Gasteiger partial charge < -0.3 is 5.32 Å². The van der Waals surface area contributed by atoms with Crippen LogP contribution in [0.1, 0.15) is 27.2 Å². The van der Waals surface area contributed by atoms with Gasteiger partial charge in [0.15, 0.2) is 5.69 Å². The number of halogens is 4. The molecule has 0 bridgehead atoms. The van der Waals surface area contributed by atoms with Gasteiger partial charge in [-0.15, -0.1) is 0 Å². The second-order valence-corrected chi connectivity index (χ2v) is 5.93. The summed E-state index contributed by atoms with van der Waals surface area (Å²) in [5.41, 5.74) is -0.578. The van der Waals surface area contributed by atoms with Crippen LogP contribution < -0.4 is 5.32 Å². The average molecular weight is 377 g/mol. The van der Waals surface area contributed by atoms with E-state index in [0.717, 1.165) is 11.8 Å². The third-order valence-electron chi connectivity index (χ3n) is 3.96. The van der Waals surface area contributed by atoms with E-state index in [-0.39, 0.29) is 17.8 Å². The molecule has 0 aliphatic carbocycles. The number of nitrogens with zero attached hydrogens (tertiary/aromatic N) is 2. The molecule has 0 spiro atoms. The van der Waals surface area contributed by atoms with E-state index >= 15 is 0 Å². The number of aromatic nitrogens is 2. The number of carbonyl (C=O) groups excluding carboxylic acids is 1. The van der Waals surface area contributed by atoms with Crippen LogP contribution in [0.2, 0.25) is 0 Å². The Morgan fingerprint density at radius 2 is 1.78 bits per heavy atom. The van der Waals surface area contributed by atoms with Gasteiger partial charge in [0.2, 0.25) is 0 Å². The molecule has 1 heterocycles. The van der Waals surface area contributed by atoms with Gasteiger partial charge in [-0.3, -0.25) is 4.79 Å². The molecule has 4 nitrogen and oxygen atoms in total. The molecule has 8 heteroatoms. The molecule has 3 rings (SSSR count). The molecule has 0 aliphatic heterocycles. The smallest absolute Gasteiger partial charge is 0.348 e. The van der Waals surface area contributed by atoms with E-state index in [1.165, 1.54) is 30.3 Å². The van der Waals surface area contributed by atoms with E-state index in [1.807, 2.05) is 0 Å². The Balaban J connectivity index is 1.92. The van der Waals surface area contributed by atoms with Gasteiger partial charge >= 0.3 is 6.18 Å². The van der Waals surface area contributed by atoms with Crippen molar-refractivity contribution in [3.63, 3.8) is 0 Å². The third-order valence-corrected chi connectivity index (χ3v) is 3.96. The highest BCUT2D eigenvalue weighted by molar-refractivity contribution is 5.95. The Kier molecular flexibility index (Phi) is 4.98. The normalized spacial score (nSPS) is 11.4. The van der Waals surface area contributed by atoms with Crippen LogP contribution in [0.4, 0.5) is 17.6 Å². The molecule has 0 saturated carbocycles. The van der Waals surface area contributed by atoms with Gasteiger partial charge in [0, 0.05) is 12.1 Å². The first kappa shape index (κ1) is 18.6. The number of hydrogen-bond donors (Lipinski definition) is 1. The topological polar surface area (TPSA) is 46.9 Å². The molecule has 0 aliphatic rings. The van der Waals surface area contributed by atoms with Crippen LogP contribution in [-0.2, 0) is 12.7 Å². The molecular formula is C19H15F4N3O. The summed E-state index contributed by atoms with van der Waals surface area (Å²) in [6.45, 7) is 1.57. The Labute approximate surface area is 152 Å². The van der Waals surface area contributed by atoms with Crippen molar-refractivity contribution >= 4 is 5.91 Å². The van der Waals surface area contributed by atoms with Crippen LogP contribution in [0.15, 0.2) is 54.7 Å². The van der Waals surface area contributed by atoms with Gasteiger partial charge in [-0.05, 0) is 25.1 Å². The maximum Gasteiger partial charge on any atom is 0.434 e. The van der Waals surface area contributed by atoms with Crippen LogP contribution in [0, 0.1) is 12.7 Å². The lowest BCUT2D eigenvalue weighted by Gasteiger charge is -2.13. The van der Waals surface area contributed by atoms with Gasteiger partial charge in [0.25, 0.3) is 5.91 Å². The predicted molar refractivity (Wildman–Crippen MR) is 90.9 cm³/mol. The number of amides is 1.